The van der Waals surface area contributed by atoms with Crippen LogP contribution in [0.5, 0.6) is 0 Å². The van der Waals surface area contributed by atoms with Crippen molar-refractivity contribution in [2.75, 3.05) is 4.47 Å². The number of non-ortho nitro benzene ring substituents is 1. The van der Waals surface area contributed by atoms with Gasteiger partial charge >= 0.3 is 10.1 Å². The average molecular weight is 434 g/mol. The molecule has 0 amide bonds. The van der Waals surface area contributed by atoms with Crippen LogP contribution in [0.2, 0.25) is 0 Å². The Kier molecular flexibility index (Phi) is 5.64. The third-order valence-corrected chi connectivity index (χ3v) is 6.61. The molecule has 0 heterocycles. The number of hydrogen-bond acceptors (Lipinski definition) is 7. The molecular weight excluding hydrogens is 420 g/mol. The third kappa shape index (κ3) is 4.42. The van der Waals surface area contributed by atoms with E-state index in [9.17, 15) is 26.9 Å². The molecule has 0 fully saturated rings. The van der Waals surface area contributed by atoms with Crippen LogP contribution in [0.3, 0.4) is 0 Å². The molecule has 0 aromatic heterocycles. The van der Waals surface area contributed by atoms with E-state index < -0.39 is 30.0 Å². The second kappa shape index (κ2) is 7.99. The molecular formula is C18H14N2O7S2. The van der Waals surface area contributed by atoms with E-state index in [0.29, 0.717) is 4.47 Å². The molecule has 3 aromatic rings. The Hall–Kier alpha value is -3.28. The number of benzene rings is 3. The first-order valence-corrected chi connectivity index (χ1v) is 10.9. The molecule has 0 N–H and O–H groups in total. The van der Waals surface area contributed by atoms with Crippen molar-refractivity contribution in [3.8, 4) is 0 Å². The summed E-state index contributed by atoms with van der Waals surface area (Å²) in [4.78, 5) is 9.45. The number of sulfonamides is 1. The Morgan fingerprint density at radius 2 is 1.24 bits per heavy atom. The van der Waals surface area contributed by atoms with Crippen molar-refractivity contribution in [2.24, 2.45) is 0 Å². The summed E-state index contributed by atoms with van der Waals surface area (Å²) < 4.78 is 56.7. The monoisotopic (exact) mass is 434 g/mol. The summed E-state index contributed by atoms with van der Waals surface area (Å²) in [7, 11) is -9.01. The minimum Gasteiger partial charge on any atom is -0.258 e. The Morgan fingerprint density at radius 3 is 1.76 bits per heavy atom. The van der Waals surface area contributed by atoms with Crippen molar-refractivity contribution in [3.05, 3.63) is 95.0 Å². The molecule has 29 heavy (non-hydrogen) atoms. The molecule has 0 aliphatic carbocycles. The van der Waals surface area contributed by atoms with Crippen LogP contribution in [0, 0.1) is 10.1 Å². The first kappa shape index (κ1) is 20.5. The Labute approximate surface area is 167 Å². The van der Waals surface area contributed by atoms with E-state index >= 15 is 0 Å². The third-order valence-electron chi connectivity index (χ3n) is 3.73. The number of nitrogens with zero attached hydrogens (tertiary/aromatic N) is 2. The van der Waals surface area contributed by atoms with Gasteiger partial charge in [0.15, 0.2) is 0 Å². The normalized spacial score (nSPS) is 11.7. The van der Waals surface area contributed by atoms with Gasteiger partial charge in [-0.2, -0.15) is 16.8 Å². The minimum absolute atomic E-state index is 0.0400. The fourth-order valence-electron chi connectivity index (χ4n) is 2.33. The fourth-order valence-corrected chi connectivity index (χ4v) is 4.80. The van der Waals surface area contributed by atoms with Crippen LogP contribution in [-0.4, -0.2) is 21.8 Å². The molecule has 0 aliphatic heterocycles. The molecule has 0 unspecified atom stereocenters. The van der Waals surface area contributed by atoms with Crippen molar-refractivity contribution in [2.45, 2.75) is 9.79 Å². The van der Waals surface area contributed by atoms with E-state index in [2.05, 4.69) is 0 Å². The van der Waals surface area contributed by atoms with E-state index in [-0.39, 0.29) is 16.3 Å². The SMILES string of the molecule is O=[N+]([O-])c1ccc(S(=O)(=O)ON(c2ccccc2)S(=O)(=O)c2ccccc2)cc1. The van der Waals surface area contributed by atoms with Crippen LogP contribution in [0.1, 0.15) is 0 Å². The van der Waals surface area contributed by atoms with Gasteiger partial charge in [-0.3, -0.25) is 10.1 Å². The average Bonchev–Trinajstić information content (AvgIpc) is 2.73. The van der Waals surface area contributed by atoms with Gasteiger partial charge in [-0.15, -0.1) is 8.75 Å². The van der Waals surface area contributed by atoms with Crippen molar-refractivity contribution >= 4 is 31.5 Å². The molecule has 150 valence electrons. The lowest BCUT2D eigenvalue weighted by atomic mass is 10.3. The van der Waals surface area contributed by atoms with Gasteiger partial charge in [-0.25, -0.2) is 0 Å². The highest BCUT2D eigenvalue weighted by atomic mass is 32.2. The molecule has 3 rings (SSSR count). The van der Waals surface area contributed by atoms with E-state index in [1.165, 1.54) is 48.5 Å². The van der Waals surface area contributed by atoms with E-state index in [1.807, 2.05) is 0 Å². The minimum atomic E-state index is -4.62. The van der Waals surface area contributed by atoms with E-state index in [0.717, 1.165) is 24.3 Å². The first-order valence-electron chi connectivity index (χ1n) is 8.06. The summed E-state index contributed by atoms with van der Waals surface area (Å²) >= 11 is 0. The van der Waals surface area contributed by atoms with Crippen LogP contribution in [0.15, 0.2) is 94.7 Å². The molecule has 0 bridgehead atoms. The summed E-state index contributed by atoms with van der Waals surface area (Å²) in [5.74, 6) is 0. The molecule has 0 saturated heterocycles. The molecule has 9 nitrogen and oxygen atoms in total. The van der Waals surface area contributed by atoms with Gasteiger partial charge in [0, 0.05) is 12.1 Å². The van der Waals surface area contributed by atoms with Crippen LogP contribution in [0.25, 0.3) is 0 Å². The lowest BCUT2D eigenvalue weighted by Crippen LogP contribution is -2.33. The molecule has 11 heteroatoms. The van der Waals surface area contributed by atoms with Crippen molar-refractivity contribution in [3.63, 3.8) is 0 Å². The van der Waals surface area contributed by atoms with Gasteiger partial charge < -0.3 is 0 Å². The highest BCUT2D eigenvalue weighted by Crippen LogP contribution is 2.27. The maximum atomic E-state index is 13.0. The van der Waals surface area contributed by atoms with Crippen molar-refractivity contribution in [1.82, 2.24) is 0 Å². The molecule has 0 atom stereocenters. The van der Waals surface area contributed by atoms with Crippen molar-refractivity contribution < 1.29 is 26.0 Å². The summed E-state index contributed by atoms with van der Waals surface area (Å²) in [5, 5.41) is 10.8. The predicted octanol–water partition coefficient (Wildman–Crippen LogP) is 3.11. The number of hydrogen-bond donors (Lipinski definition) is 0. The second-order valence-electron chi connectivity index (χ2n) is 5.66. The summed E-state index contributed by atoms with van der Waals surface area (Å²) in [6, 6.07) is 18.5. The maximum absolute atomic E-state index is 13.0. The Balaban J connectivity index is 2.05. The predicted molar refractivity (Wildman–Crippen MR) is 104 cm³/mol. The largest absolute Gasteiger partial charge is 0.318 e. The van der Waals surface area contributed by atoms with E-state index in [4.69, 9.17) is 4.28 Å². The van der Waals surface area contributed by atoms with Gasteiger partial charge in [0.1, 0.15) is 0 Å². The Bertz CT molecular complexity index is 1210. The van der Waals surface area contributed by atoms with Gasteiger partial charge in [-0.1, -0.05) is 36.4 Å². The smallest absolute Gasteiger partial charge is 0.258 e. The summed E-state index contributed by atoms with van der Waals surface area (Å²) in [6.07, 6.45) is 0. The zero-order chi connectivity index (χ0) is 21.1. The zero-order valence-corrected chi connectivity index (χ0v) is 16.3. The highest BCUT2D eigenvalue weighted by molar-refractivity contribution is 7.94. The summed E-state index contributed by atoms with van der Waals surface area (Å²) in [5.41, 5.74) is -0.359. The van der Waals surface area contributed by atoms with Crippen LogP contribution in [-0.2, 0) is 24.4 Å². The molecule has 0 radical (unpaired) electrons. The number of nitro groups is 1. The second-order valence-corrected chi connectivity index (χ2v) is 8.94. The van der Waals surface area contributed by atoms with Gasteiger partial charge in [0.05, 0.1) is 20.4 Å². The quantitative estimate of drug-likeness (QED) is 0.413. The van der Waals surface area contributed by atoms with Gasteiger partial charge in [0.2, 0.25) is 0 Å². The number of nitro benzene ring substituents is 1. The first-order chi connectivity index (χ1) is 13.7. The summed E-state index contributed by atoms with van der Waals surface area (Å²) in [6.45, 7) is 0. The van der Waals surface area contributed by atoms with Crippen molar-refractivity contribution in [1.29, 1.82) is 0 Å². The topological polar surface area (TPSA) is 124 Å². The molecule has 3 aromatic carbocycles. The van der Waals surface area contributed by atoms with Crippen LogP contribution in [0.4, 0.5) is 11.4 Å². The molecule has 0 saturated carbocycles. The molecule has 0 aliphatic rings. The molecule has 0 spiro atoms. The Morgan fingerprint density at radius 1 is 0.724 bits per heavy atom. The van der Waals surface area contributed by atoms with Gasteiger partial charge in [0.25, 0.3) is 15.7 Å². The maximum Gasteiger partial charge on any atom is 0.318 e. The number of rotatable bonds is 7. The number of para-hydroxylation sites is 1. The van der Waals surface area contributed by atoms with Crippen LogP contribution >= 0.6 is 0 Å². The van der Waals surface area contributed by atoms with Gasteiger partial charge in [-0.05, 0) is 36.4 Å². The zero-order valence-electron chi connectivity index (χ0n) is 14.7. The lowest BCUT2D eigenvalue weighted by Gasteiger charge is -2.22. The highest BCUT2D eigenvalue weighted by Gasteiger charge is 2.32. The van der Waals surface area contributed by atoms with E-state index in [1.54, 1.807) is 12.1 Å². The fraction of sp³-hybridized carbons (Fsp3) is 0. The standard InChI is InChI=1S/C18H14N2O7S2/c21-19(22)15-11-13-18(14-12-15)29(25,26)27-20(16-7-3-1-4-8-16)28(23,24)17-9-5-2-6-10-17/h1-14H. The number of anilines is 1. The van der Waals surface area contributed by atoms with Crippen LogP contribution < -0.4 is 4.47 Å². The lowest BCUT2D eigenvalue weighted by molar-refractivity contribution is -0.384.